The molecule has 7 heteroatoms. The highest BCUT2D eigenvalue weighted by Crippen LogP contribution is 2.39. The molecule has 0 amide bonds. The first-order valence-electron chi connectivity index (χ1n) is 10.5. The summed E-state index contributed by atoms with van der Waals surface area (Å²) in [6.07, 6.45) is -4.44. The number of alkyl halides is 3. The Morgan fingerprint density at radius 3 is 2.41 bits per heavy atom. The number of ether oxygens (including phenoxy) is 1. The van der Waals surface area contributed by atoms with Crippen LogP contribution in [0, 0.1) is 0 Å². The van der Waals surface area contributed by atoms with Crippen LogP contribution in [0.25, 0.3) is 0 Å². The van der Waals surface area contributed by atoms with Gasteiger partial charge in [-0.15, -0.1) is 0 Å². The van der Waals surface area contributed by atoms with Crippen LogP contribution in [0.2, 0.25) is 5.02 Å². The van der Waals surface area contributed by atoms with Gasteiger partial charge in [0.25, 0.3) is 0 Å². The zero-order valence-corrected chi connectivity index (χ0v) is 18.2. The van der Waals surface area contributed by atoms with Gasteiger partial charge in [0.1, 0.15) is 12.4 Å². The molecule has 1 aliphatic heterocycles. The van der Waals surface area contributed by atoms with Crippen molar-refractivity contribution in [2.24, 2.45) is 0 Å². The lowest BCUT2D eigenvalue weighted by atomic mass is 9.94. The van der Waals surface area contributed by atoms with E-state index < -0.39 is 17.8 Å². The molecule has 168 valence electrons. The Hall–Kier alpha value is -2.54. The van der Waals surface area contributed by atoms with E-state index in [-0.39, 0.29) is 0 Å². The average Bonchev–Trinajstić information content (AvgIpc) is 2.80. The molecule has 0 aliphatic carbocycles. The van der Waals surface area contributed by atoms with Gasteiger partial charge in [0.05, 0.1) is 11.6 Å². The van der Waals surface area contributed by atoms with E-state index in [2.05, 4.69) is 10.2 Å². The second-order valence-electron chi connectivity index (χ2n) is 7.77. The van der Waals surface area contributed by atoms with Gasteiger partial charge in [0.2, 0.25) is 0 Å². The summed E-state index contributed by atoms with van der Waals surface area (Å²) in [5.41, 5.74) is 1.63. The first-order chi connectivity index (χ1) is 15.4. The number of benzene rings is 3. The van der Waals surface area contributed by atoms with E-state index >= 15 is 0 Å². The molecule has 1 saturated heterocycles. The molecule has 1 N–H and O–H groups in total. The zero-order chi connectivity index (χ0) is 22.6. The summed E-state index contributed by atoms with van der Waals surface area (Å²) in [6.45, 7) is 3.33. The van der Waals surface area contributed by atoms with Crippen LogP contribution in [0.15, 0.2) is 72.8 Å². The van der Waals surface area contributed by atoms with Gasteiger partial charge >= 0.3 is 6.18 Å². The second-order valence-corrected chi connectivity index (χ2v) is 8.18. The van der Waals surface area contributed by atoms with E-state index in [4.69, 9.17) is 16.3 Å². The van der Waals surface area contributed by atoms with Crippen molar-refractivity contribution in [2.75, 3.05) is 26.2 Å². The van der Waals surface area contributed by atoms with Crippen molar-refractivity contribution in [1.82, 2.24) is 10.2 Å². The molecule has 1 aliphatic rings. The van der Waals surface area contributed by atoms with Crippen molar-refractivity contribution in [1.29, 1.82) is 0 Å². The Balaban J connectivity index is 1.69. The molecule has 1 heterocycles. The van der Waals surface area contributed by atoms with Crippen LogP contribution in [0.5, 0.6) is 5.75 Å². The van der Waals surface area contributed by atoms with Crippen molar-refractivity contribution in [3.8, 4) is 5.75 Å². The van der Waals surface area contributed by atoms with E-state index in [1.165, 1.54) is 12.1 Å². The minimum absolute atomic E-state index is 0.317. The van der Waals surface area contributed by atoms with Gasteiger partial charge < -0.3 is 10.1 Å². The number of hydrogen-bond acceptors (Lipinski definition) is 3. The maximum absolute atomic E-state index is 13.4. The van der Waals surface area contributed by atoms with Gasteiger partial charge in [-0.1, -0.05) is 54.1 Å². The van der Waals surface area contributed by atoms with Gasteiger partial charge in [0, 0.05) is 31.2 Å². The largest absolute Gasteiger partial charge is 0.489 e. The first-order valence-corrected chi connectivity index (χ1v) is 10.9. The lowest BCUT2D eigenvalue weighted by molar-refractivity contribution is -0.137. The third-order valence-electron chi connectivity index (χ3n) is 5.56. The summed E-state index contributed by atoms with van der Waals surface area (Å²) in [7, 11) is 0. The Labute approximate surface area is 190 Å². The smallest absolute Gasteiger partial charge is 0.416 e. The third-order valence-corrected chi connectivity index (χ3v) is 5.90. The fourth-order valence-corrected chi connectivity index (χ4v) is 4.19. The summed E-state index contributed by atoms with van der Waals surface area (Å²) in [4.78, 5) is 2.16. The summed E-state index contributed by atoms with van der Waals surface area (Å²) in [5.74, 6) is 0.662. The Kier molecular flexibility index (Phi) is 7.04. The molecule has 3 aromatic carbocycles. The van der Waals surface area contributed by atoms with E-state index in [0.717, 1.165) is 30.3 Å². The SMILES string of the molecule is FC(F)(F)c1ccc(Cl)c(C(c2cccc(OCc3ccccc3)c2)N2CCNCC2)c1. The molecule has 3 nitrogen and oxygen atoms in total. The topological polar surface area (TPSA) is 24.5 Å². The Bertz CT molecular complexity index is 1040. The summed E-state index contributed by atoms with van der Waals surface area (Å²) in [6, 6.07) is 20.5. The number of halogens is 4. The minimum atomic E-state index is -4.44. The average molecular weight is 461 g/mol. The highest BCUT2D eigenvalue weighted by atomic mass is 35.5. The molecule has 0 spiro atoms. The van der Waals surface area contributed by atoms with Crippen molar-refractivity contribution in [3.05, 3.63) is 100 Å². The molecule has 32 heavy (non-hydrogen) atoms. The fourth-order valence-electron chi connectivity index (χ4n) is 3.97. The molecule has 0 saturated carbocycles. The molecule has 1 atom stereocenters. The van der Waals surface area contributed by atoms with Crippen molar-refractivity contribution in [2.45, 2.75) is 18.8 Å². The van der Waals surface area contributed by atoms with E-state index in [1.54, 1.807) is 0 Å². The van der Waals surface area contributed by atoms with Crippen LogP contribution in [-0.4, -0.2) is 31.1 Å². The first kappa shape index (κ1) is 22.6. The number of hydrogen-bond donors (Lipinski definition) is 1. The van der Waals surface area contributed by atoms with Crippen molar-refractivity contribution < 1.29 is 17.9 Å². The van der Waals surface area contributed by atoms with Gasteiger partial charge in [-0.2, -0.15) is 13.2 Å². The van der Waals surface area contributed by atoms with Gasteiger partial charge in [0.15, 0.2) is 0 Å². The quantitative estimate of drug-likeness (QED) is 0.493. The highest BCUT2D eigenvalue weighted by Gasteiger charge is 2.33. The predicted octanol–water partition coefficient (Wildman–Crippen LogP) is 5.93. The van der Waals surface area contributed by atoms with Crippen LogP contribution in [0.3, 0.4) is 0 Å². The molecule has 4 rings (SSSR count). The van der Waals surface area contributed by atoms with Gasteiger partial charge in [-0.05, 0) is 47.0 Å². The molecule has 0 bridgehead atoms. The lowest BCUT2D eigenvalue weighted by Crippen LogP contribution is -2.45. The molecular formula is C25H24ClF3N2O. The molecule has 0 radical (unpaired) electrons. The Morgan fingerprint density at radius 2 is 1.69 bits per heavy atom. The Morgan fingerprint density at radius 1 is 0.938 bits per heavy atom. The summed E-state index contributed by atoms with van der Waals surface area (Å²) in [5, 5.41) is 3.61. The van der Waals surface area contributed by atoms with Crippen LogP contribution in [0.4, 0.5) is 13.2 Å². The molecule has 0 aromatic heterocycles. The maximum Gasteiger partial charge on any atom is 0.416 e. The molecule has 1 fully saturated rings. The number of nitrogens with zero attached hydrogens (tertiary/aromatic N) is 1. The number of rotatable bonds is 6. The van der Waals surface area contributed by atoms with Crippen LogP contribution >= 0.6 is 11.6 Å². The molecular weight excluding hydrogens is 437 g/mol. The minimum Gasteiger partial charge on any atom is -0.489 e. The van der Waals surface area contributed by atoms with Crippen molar-refractivity contribution in [3.63, 3.8) is 0 Å². The van der Waals surface area contributed by atoms with E-state index in [0.29, 0.717) is 36.0 Å². The fraction of sp³-hybridized carbons (Fsp3) is 0.280. The molecule has 3 aromatic rings. The van der Waals surface area contributed by atoms with Gasteiger partial charge in [-0.25, -0.2) is 0 Å². The van der Waals surface area contributed by atoms with Crippen LogP contribution in [-0.2, 0) is 12.8 Å². The van der Waals surface area contributed by atoms with E-state index in [9.17, 15) is 13.2 Å². The summed E-state index contributed by atoms with van der Waals surface area (Å²) >= 11 is 6.45. The van der Waals surface area contributed by atoms with E-state index in [1.807, 2.05) is 54.6 Å². The van der Waals surface area contributed by atoms with Crippen LogP contribution < -0.4 is 10.1 Å². The number of nitrogens with one attached hydrogen (secondary N) is 1. The summed E-state index contributed by atoms with van der Waals surface area (Å²) < 4.78 is 46.3. The van der Waals surface area contributed by atoms with Crippen molar-refractivity contribution >= 4 is 11.6 Å². The normalized spacial score (nSPS) is 16.0. The second kappa shape index (κ2) is 9.94. The molecule has 1 unspecified atom stereocenters. The maximum atomic E-state index is 13.4. The monoisotopic (exact) mass is 460 g/mol. The lowest BCUT2D eigenvalue weighted by Gasteiger charge is -2.36. The highest BCUT2D eigenvalue weighted by molar-refractivity contribution is 6.31. The zero-order valence-electron chi connectivity index (χ0n) is 17.4. The third kappa shape index (κ3) is 5.44. The van der Waals surface area contributed by atoms with Gasteiger partial charge in [-0.3, -0.25) is 4.90 Å². The van der Waals surface area contributed by atoms with Crippen LogP contribution in [0.1, 0.15) is 28.3 Å². The standard InChI is InChI=1S/C25H24ClF3N2O/c26-23-10-9-20(25(27,28)29)16-22(23)24(31-13-11-30-12-14-31)19-7-4-8-21(15-19)32-17-18-5-2-1-3-6-18/h1-10,15-16,24,30H,11-14,17H2. The number of piperazine rings is 1. The predicted molar refractivity (Wildman–Crippen MR) is 120 cm³/mol.